The lowest BCUT2D eigenvalue weighted by atomic mass is 10.0. The number of rotatable bonds is 3. The van der Waals surface area contributed by atoms with Gasteiger partial charge in [0.1, 0.15) is 11.6 Å². The predicted molar refractivity (Wildman–Crippen MR) is 114 cm³/mol. The Morgan fingerprint density at radius 3 is 2.41 bits per heavy atom. The molecule has 3 aromatic carbocycles. The Bertz CT molecular complexity index is 1230. The Kier molecular flexibility index (Phi) is 5.35. The smallest absolute Gasteiger partial charge is 0.139 e. The quantitative estimate of drug-likeness (QED) is 0.366. The molecular formula is C26H19F2N. The molecule has 0 N–H and O–H groups in total. The van der Waals surface area contributed by atoms with Gasteiger partial charge in [0.2, 0.25) is 0 Å². The number of pyridine rings is 1. The zero-order valence-electron chi connectivity index (χ0n) is 16.0. The van der Waals surface area contributed by atoms with Crippen molar-refractivity contribution in [3.63, 3.8) is 0 Å². The predicted octanol–water partition coefficient (Wildman–Crippen LogP) is 6.53. The zero-order chi connectivity index (χ0) is 20.2. The molecule has 0 radical (unpaired) electrons. The molecular weight excluding hydrogens is 364 g/mol. The summed E-state index contributed by atoms with van der Waals surface area (Å²) < 4.78 is 27.9. The van der Waals surface area contributed by atoms with Crippen LogP contribution in [-0.4, -0.2) is 4.98 Å². The van der Waals surface area contributed by atoms with Gasteiger partial charge in [-0.05, 0) is 65.2 Å². The second kappa shape index (κ2) is 8.24. The maximum Gasteiger partial charge on any atom is 0.139 e. The number of hydrogen-bond donors (Lipinski definition) is 0. The van der Waals surface area contributed by atoms with E-state index in [1.807, 2.05) is 42.6 Å². The van der Waals surface area contributed by atoms with E-state index in [2.05, 4.69) is 23.7 Å². The van der Waals surface area contributed by atoms with Crippen LogP contribution in [0.25, 0.3) is 22.0 Å². The van der Waals surface area contributed by atoms with E-state index in [0.29, 0.717) is 5.56 Å². The van der Waals surface area contributed by atoms with Crippen molar-refractivity contribution in [1.82, 2.24) is 4.98 Å². The zero-order valence-corrected chi connectivity index (χ0v) is 16.0. The Balaban J connectivity index is 1.58. The molecule has 0 atom stereocenters. The van der Waals surface area contributed by atoms with Crippen LogP contribution in [0.4, 0.5) is 8.78 Å². The standard InChI is InChI=1S/C26H19F2N/c1-2-3-19-6-13-26(29-17-19)23-10-9-20(25(28)16-23)7-4-18-5-8-22-15-24(27)12-11-21(22)14-18/h5-6,8-17H,2-3H2,1H3. The fourth-order valence-electron chi connectivity index (χ4n) is 3.24. The van der Waals surface area contributed by atoms with Crippen LogP contribution in [0.15, 0.2) is 72.9 Å². The van der Waals surface area contributed by atoms with Crippen molar-refractivity contribution in [2.24, 2.45) is 0 Å². The molecule has 0 unspecified atom stereocenters. The molecule has 3 heteroatoms. The van der Waals surface area contributed by atoms with Gasteiger partial charge < -0.3 is 0 Å². The topological polar surface area (TPSA) is 12.9 Å². The maximum atomic E-state index is 14.6. The van der Waals surface area contributed by atoms with Crippen molar-refractivity contribution in [2.75, 3.05) is 0 Å². The summed E-state index contributed by atoms with van der Waals surface area (Å²) in [6.45, 7) is 2.13. The number of nitrogens with zero attached hydrogens (tertiary/aromatic N) is 1. The highest BCUT2D eigenvalue weighted by molar-refractivity contribution is 5.84. The first-order valence-electron chi connectivity index (χ1n) is 9.58. The molecule has 4 aromatic rings. The summed E-state index contributed by atoms with van der Waals surface area (Å²) in [6.07, 6.45) is 3.90. The monoisotopic (exact) mass is 383 g/mol. The van der Waals surface area contributed by atoms with Crippen LogP contribution >= 0.6 is 0 Å². The van der Waals surface area contributed by atoms with Crippen molar-refractivity contribution >= 4 is 10.8 Å². The SMILES string of the molecule is CCCc1ccc(-c2ccc(C#Cc3ccc4cc(F)ccc4c3)c(F)c2)nc1. The Labute approximate surface area is 169 Å². The Morgan fingerprint density at radius 2 is 1.66 bits per heavy atom. The molecule has 1 nitrogen and oxygen atoms in total. The third-order valence-electron chi connectivity index (χ3n) is 4.77. The third-order valence-corrected chi connectivity index (χ3v) is 4.77. The van der Waals surface area contributed by atoms with E-state index in [-0.39, 0.29) is 11.6 Å². The van der Waals surface area contributed by atoms with Gasteiger partial charge in [-0.3, -0.25) is 4.98 Å². The van der Waals surface area contributed by atoms with Crippen molar-refractivity contribution < 1.29 is 8.78 Å². The molecule has 4 rings (SSSR count). The largest absolute Gasteiger partial charge is 0.256 e. The molecule has 0 saturated heterocycles. The first-order valence-corrected chi connectivity index (χ1v) is 9.58. The fourth-order valence-corrected chi connectivity index (χ4v) is 3.24. The molecule has 0 amide bonds. The Morgan fingerprint density at radius 1 is 0.828 bits per heavy atom. The minimum atomic E-state index is -0.378. The molecule has 1 aromatic heterocycles. The molecule has 0 bridgehead atoms. The van der Waals surface area contributed by atoms with Crippen LogP contribution in [0, 0.1) is 23.5 Å². The van der Waals surface area contributed by atoms with E-state index in [0.717, 1.165) is 40.4 Å². The summed E-state index contributed by atoms with van der Waals surface area (Å²) in [5.74, 6) is 5.23. The van der Waals surface area contributed by atoms with Gasteiger partial charge in [0.15, 0.2) is 0 Å². The van der Waals surface area contributed by atoms with Gasteiger partial charge in [-0.25, -0.2) is 8.78 Å². The summed E-state index contributed by atoms with van der Waals surface area (Å²) in [4.78, 5) is 4.44. The van der Waals surface area contributed by atoms with Crippen LogP contribution in [0.5, 0.6) is 0 Å². The minimum Gasteiger partial charge on any atom is -0.256 e. The molecule has 0 saturated carbocycles. The van der Waals surface area contributed by atoms with Gasteiger partial charge >= 0.3 is 0 Å². The first-order chi connectivity index (χ1) is 14.1. The van der Waals surface area contributed by atoms with E-state index < -0.39 is 0 Å². The van der Waals surface area contributed by atoms with Crippen LogP contribution < -0.4 is 0 Å². The number of hydrogen-bond acceptors (Lipinski definition) is 1. The summed E-state index contributed by atoms with van der Waals surface area (Å²) in [5, 5.41) is 1.70. The highest BCUT2D eigenvalue weighted by atomic mass is 19.1. The number of aryl methyl sites for hydroxylation is 1. The average Bonchev–Trinajstić information content (AvgIpc) is 2.73. The van der Waals surface area contributed by atoms with Gasteiger partial charge in [0, 0.05) is 17.3 Å². The molecule has 29 heavy (non-hydrogen) atoms. The highest BCUT2D eigenvalue weighted by Gasteiger charge is 2.05. The van der Waals surface area contributed by atoms with Crippen LogP contribution in [0.1, 0.15) is 30.0 Å². The van der Waals surface area contributed by atoms with Gasteiger partial charge in [0.25, 0.3) is 0 Å². The Hall–Kier alpha value is -3.51. The van der Waals surface area contributed by atoms with Crippen molar-refractivity contribution in [2.45, 2.75) is 19.8 Å². The van der Waals surface area contributed by atoms with E-state index >= 15 is 0 Å². The van der Waals surface area contributed by atoms with Gasteiger partial charge in [0.05, 0.1) is 11.3 Å². The first kappa shape index (κ1) is 18.8. The lowest BCUT2D eigenvalue weighted by Gasteiger charge is -2.04. The number of aromatic nitrogens is 1. The summed E-state index contributed by atoms with van der Waals surface area (Å²) in [6, 6.07) is 19.0. The van der Waals surface area contributed by atoms with Crippen LogP contribution in [0.3, 0.4) is 0 Å². The summed E-state index contributed by atoms with van der Waals surface area (Å²) in [5.41, 5.74) is 3.72. The van der Waals surface area contributed by atoms with Crippen LogP contribution in [-0.2, 0) is 6.42 Å². The second-order valence-electron chi connectivity index (χ2n) is 6.95. The normalized spacial score (nSPS) is 10.6. The van der Waals surface area contributed by atoms with Gasteiger partial charge in [-0.2, -0.15) is 0 Å². The summed E-state index contributed by atoms with van der Waals surface area (Å²) >= 11 is 0. The third kappa shape index (κ3) is 4.33. The molecule has 0 aliphatic rings. The maximum absolute atomic E-state index is 14.6. The molecule has 142 valence electrons. The lowest BCUT2D eigenvalue weighted by Crippen LogP contribution is -1.90. The summed E-state index contributed by atoms with van der Waals surface area (Å²) in [7, 11) is 0. The number of halogens is 2. The van der Waals surface area contributed by atoms with Gasteiger partial charge in [-0.15, -0.1) is 0 Å². The fraction of sp³-hybridized carbons (Fsp3) is 0.115. The molecule has 0 aliphatic heterocycles. The lowest BCUT2D eigenvalue weighted by molar-refractivity contribution is 0.625. The highest BCUT2D eigenvalue weighted by Crippen LogP contribution is 2.21. The van der Waals surface area contributed by atoms with Crippen molar-refractivity contribution in [1.29, 1.82) is 0 Å². The van der Waals surface area contributed by atoms with Crippen molar-refractivity contribution in [3.05, 3.63) is 101 Å². The molecule has 0 spiro atoms. The van der Waals surface area contributed by atoms with Crippen LogP contribution in [0.2, 0.25) is 0 Å². The van der Waals surface area contributed by atoms with Crippen molar-refractivity contribution in [3.8, 4) is 23.1 Å². The van der Waals surface area contributed by atoms with E-state index in [9.17, 15) is 8.78 Å². The van der Waals surface area contributed by atoms with E-state index in [1.165, 1.54) is 23.8 Å². The van der Waals surface area contributed by atoms with E-state index in [1.54, 1.807) is 12.1 Å². The number of fused-ring (bicyclic) bond motifs is 1. The minimum absolute atomic E-state index is 0.270. The van der Waals surface area contributed by atoms with E-state index in [4.69, 9.17) is 0 Å². The molecule has 1 heterocycles. The second-order valence-corrected chi connectivity index (χ2v) is 6.95. The average molecular weight is 383 g/mol. The van der Waals surface area contributed by atoms with Gasteiger partial charge in [-0.1, -0.05) is 49.5 Å². The molecule has 0 fully saturated rings. The molecule has 0 aliphatic carbocycles. The number of benzene rings is 3.